The van der Waals surface area contributed by atoms with E-state index < -0.39 is 0 Å². The third-order valence-electron chi connectivity index (χ3n) is 4.21. The van der Waals surface area contributed by atoms with Crippen molar-refractivity contribution in [2.45, 2.75) is 26.2 Å². The molecule has 1 saturated carbocycles. The van der Waals surface area contributed by atoms with Gasteiger partial charge in [-0.05, 0) is 31.2 Å². The lowest BCUT2D eigenvalue weighted by molar-refractivity contribution is 0.842. The maximum atomic E-state index is 4.58. The molecule has 0 radical (unpaired) electrons. The number of nitrogens with one attached hydrogen (secondary N) is 1. The van der Waals surface area contributed by atoms with Gasteiger partial charge in [0.1, 0.15) is 12.1 Å². The van der Waals surface area contributed by atoms with E-state index in [1.165, 1.54) is 24.0 Å². The summed E-state index contributed by atoms with van der Waals surface area (Å²) in [5, 5.41) is 7.93. The van der Waals surface area contributed by atoms with Gasteiger partial charge >= 0.3 is 0 Å². The van der Waals surface area contributed by atoms with E-state index in [4.69, 9.17) is 0 Å². The number of aromatic nitrogens is 4. The van der Waals surface area contributed by atoms with E-state index in [9.17, 15) is 0 Å². The average molecular weight is 293 g/mol. The van der Waals surface area contributed by atoms with Crippen LogP contribution in [-0.4, -0.2) is 26.1 Å². The maximum absolute atomic E-state index is 4.58. The van der Waals surface area contributed by atoms with E-state index in [1.807, 2.05) is 10.6 Å². The molecule has 0 amide bonds. The van der Waals surface area contributed by atoms with Crippen molar-refractivity contribution in [2.75, 3.05) is 11.9 Å². The van der Waals surface area contributed by atoms with E-state index in [0.717, 1.165) is 30.4 Å². The lowest BCUT2D eigenvalue weighted by atomic mass is 10.0. The molecule has 1 N–H and O–H groups in total. The minimum Gasteiger partial charge on any atom is -0.369 e. The second-order valence-electron chi connectivity index (χ2n) is 5.98. The zero-order valence-corrected chi connectivity index (χ0v) is 12.7. The third-order valence-corrected chi connectivity index (χ3v) is 4.21. The molecule has 1 aliphatic carbocycles. The lowest BCUT2D eigenvalue weighted by Crippen LogP contribution is -2.14. The van der Waals surface area contributed by atoms with Crippen LogP contribution in [0.1, 0.15) is 29.7 Å². The number of fused-ring (bicyclic) bond motifs is 1. The van der Waals surface area contributed by atoms with Crippen molar-refractivity contribution in [3.05, 3.63) is 53.5 Å². The third kappa shape index (κ3) is 2.54. The molecule has 22 heavy (non-hydrogen) atoms. The summed E-state index contributed by atoms with van der Waals surface area (Å²) in [7, 11) is 0. The Morgan fingerprint density at radius 1 is 1.23 bits per heavy atom. The smallest absolute Gasteiger partial charge is 0.254 e. The molecule has 0 saturated heterocycles. The van der Waals surface area contributed by atoms with Gasteiger partial charge in [-0.25, -0.2) is 4.98 Å². The van der Waals surface area contributed by atoms with Crippen molar-refractivity contribution >= 4 is 11.6 Å². The Labute approximate surface area is 129 Å². The summed E-state index contributed by atoms with van der Waals surface area (Å²) in [4.78, 5) is 8.82. The second kappa shape index (κ2) is 5.40. The quantitative estimate of drug-likeness (QED) is 0.786. The van der Waals surface area contributed by atoms with Gasteiger partial charge in [0.2, 0.25) is 0 Å². The molecule has 5 heteroatoms. The Morgan fingerprint density at radius 2 is 2.05 bits per heavy atom. The molecule has 0 unspecified atom stereocenters. The molecule has 0 spiro atoms. The molecule has 3 aromatic rings. The summed E-state index contributed by atoms with van der Waals surface area (Å²) in [5.74, 6) is 2.50. The van der Waals surface area contributed by atoms with Crippen LogP contribution < -0.4 is 5.32 Å². The van der Waals surface area contributed by atoms with E-state index in [0.29, 0.717) is 5.78 Å². The molecule has 1 aromatic carbocycles. The van der Waals surface area contributed by atoms with Crippen molar-refractivity contribution in [1.29, 1.82) is 0 Å². The Bertz CT molecular complexity index is 789. The Hall–Kier alpha value is -2.43. The van der Waals surface area contributed by atoms with Crippen molar-refractivity contribution in [3.8, 4) is 0 Å². The van der Waals surface area contributed by atoms with Crippen LogP contribution in [0.3, 0.4) is 0 Å². The molecule has 0 atom stereocenters. The van der Waals surface area contributed by atoms with Gasteiger partial charge in [-0.1, -0.05) is 30.3 Å². The predicted molar refractivity (Wildman–Crippen MR) is 86.0 cm³/mol. The summed E-state index contributed by atoms with van der Waals surface area (Å²) in [5.41, 5.74) is 3.49. The van der Waals surface area contributed by atoms with Crippen molar-refractivity contribution in [3.63, 3.8) is 0 Å². The maximum Gasteiger partial charge on any atom is 0.254 e. The Morgan fingerprint density at radius 3 is 2.82 bits per heavy atom. The van der Waals surface area contributed by atoms with Crippen LogP contribution in [0, 0.1) is 12.8 Å². The number of anilines is 1. The van der Waals surface area contributed by atoms with Crippen LogP contribution in [0.25, 0.3) is 5.78 Å². The Kier molecular flexibility index (Phi) is 3.25. The molecule has 5 nitrogen and oxygen atoms in total. The first-order chi connectivity index (χ1) is 10.8. The highest BCUT2D eigenvalue weighted by molar-refractivity contribution is 5.54. The molecule has 4 rings (SSSR count). The molecule has 0 bridgehead atoms. The van der Waals surface area contributed by atoms with Crippen molar-refractivity contribution < 1.29 is 0 Å². The van der Waals surface area contributed by atoms with Gasteiger partial charge in [-0.2, -0.15) is 14.6 Å². The number of rotatable bonds is 5. The van der Waals surface area contributed by atoms with E-state index in [-0.39, 0.29) is 0 Å². The van der Waals surface area contributed by atoms with Crippen LogP contribution in [0.4, 0.5) is 5.82 Å². The fourth-order valence-electron chi connectivity index (χ4n) is 2.74. The lowest BCUT2D eigenvalue weighted by Gasteiger charge is -2.15. The largest absolute Gasteiger partial charge is 0.369 e. The van der Waals surface area contributed by atoms with Gasteiger partial charge < -0.3 is 5.32 Å². The van der Waals surface area contributed by atoms with Crippen molar-refractivity contribution in [1.82, 2.24) is 19.6 Å². The number of aryl methyl sites for hydroxylation is 1. The molecule has 0 aliphatic heterocycles. The minimum absolute atomic E-state index is 0.660. The van der Waals surface area contributed by atoms with Crippen LogP contribution in [0.5, 0.6) is 0 Å². The normalized spacial score (nSPS) is 14.4. The molecule has 2 heterocycles. The zero-order valence-electron chi connectivity index (χ0n) is 12.7. The fourth-order valence-corrected chi connectivity index (χ4v) is 2.74. The van der Waals surface area contributed by atoms with Crippen LogP contribution in [0.2, 0.25) is 0 Å². The number of nitrogens with zero attached hydrogens (tertiary/aromatic N) is 4. The number of hydrogen-bond donors (Lipinski definition) is 1. The highest BCUT2D eigenvalue weighted by Gasteiger charge is 2.22. The zero-order chi connectivity index (χ0) is 14.9. The van der Waals surface area contributed by atoms with Crippen LogP contribution in [0.15, 0.2) is 36.7 Å². The molecule has 112 valence electrons. The first kappa shape index (κ1) is 13.2. The summed E-state index contributed by atoms with van der Waals surface area (Å²) < 4.78 is 1.83. The monoisotopic (exact) mass is 293 g/mol. The minimum atomic E-state index is 0.660. The van der Waals surface area contributed by atoms with Gasteiger partial charge in [0.25, 0.3) is 5.78 Å². The summed E-state index contributed by atoms with van der Waals surface area (Å²) in [6, 6.07) is 10.5. The highest BCUT2D eigenvalue weighted by Crippen LogP contribution is 2.30. The van der Waals surface area contributed by atoms with Gasteiger partial charge in [0, 0.05) is 24.2 Å². The predicted octanol–water partition coefficient (Wildman–Crippen LogP) is 2.85. The first-order valence-electron chi connectivity index (χ1n) is 7.78. The molecule has 2 aromatic heterocycles. The van der Waals surface area contributed by atoms with Crippen LogP contribution >= 0.6 is 0 Å². The fraction of sp³-hybridized carbons (Fsp3) is 0.353. The standard InChI is InChI=1S/C17H19N5/c1-12-15(9-13-5-3-2-4-6-13)16(18-10-14-7-8-14)22-17(21-12)19-11-20-22/h2-6,11,14,18H,7-10H2,1H3. The average Bonchev–Trinajstić information content (AvgIpc) is 3.25. The topological polar surface area (TPSA) is 55.1 Å². The van der Waals surface area contributed by atoms with Crippen LogP contribution in [-0.2, 0) is 6.42 Å². The van der Waals surface area contributed by atoms with Gasteiger partial charge in [0.15, 0.2) is 0 Å². The molecule has 1 aliphatic rings. The van der Waals surface area contributed by atoms with E-state index in [1.54, 1.807) is 6.33 Å². The summed E-state index contributed by atoms with van der Waals surface area (Å²) in [6.07, 6.45) is 5.07. The van der Waals surface area contributed by atoms with E-state index in [2.05, 4.69) is 51.6 Å². The summed E-state index contributed by atoms with van der Waals surface area (Å²) >= 11 is 0. The highest BCUT2D eigenvalue weighted by atomic mass is 15.4. The second-order valence-corrected chi connectivity index (χ2v) is 5.98. The molecular weight excluding hydrogens is 274 g/mol. The number of hydrogen-bond acceptors (Lipinski definition) is 4. The Balaban J connectivity index is 1.76. The van der Waals surface area contributed by atoms with Crippen molar-refractivity contribution in [2.24, 2.45) is 5.92 Å². The summed E-state index contributed by atoms with van der Waals surface area (Å²) in [6.45, 7) is 3.05. The van der Waals surface area contributed by atoms with Gasteiger partial charge in [-0.3, -0.25) is 0 Å². The molecule has 1 fully saturated rings. The number of benzene rings is 1. The molecular formula is C17H19N5. The van der Waals surface area contributed by atoms with Gasteiger partial charge in [0.05, 0.1) is 0 Å². The van der Waals surface area contributed by atoms with E-state index >= 15 is 0 Å². The first-order valence-corrected chi connectivity index (χ1v) is 7.78. The SMILES string of the molecule is Cc1nc2ncnn2c(NCC2CC2)c1Cc1ccccc1. The van der Waals surface area contributed by atoms with Gasteiger partial charge in [-0.15, -0.1) is 0 Å².